The summed E-state index contributed by atoms with van der Waals surface area (Å²) in [4.78, 5) is 12.7. The second-order valence-electron chi connectivity index (χ2n) is 8.76. The van der Waals surface area contributed by atoms with Crippen LogP contribution < -0.4 is 20.1 Å². The second kappa shape index (κ2) is 11.8. The monoisotopic (exact) mass is 618 g/mol. The molecule has 0 aliphatic heterocycles. The van der Waals surface area contributed by atoms with E-state index in [1.165, 1.54) is 36.4 Å². The SMILES string of the molecule is Cc1ccc(NC(=O)Nc2ccc(C)c(S(=O)(=O)Nc3ccc(Cl)cc3)c2)cc1S(=O)(=O)Nc1ccc(Cl)cc1. The van der Waals surface area contributed by atoms with Crippen LogP contribution in [0, 0.1) is 13.8 Å². The number of urea groups is 1. The number of hydrogen-bond acceptors (Lipinski definition) is 5. The van der Waals surface area contributed by atoms with E-state index in [2.05, 4.69) is 20.1 Å². The normalized spacial score (nSPS) is 11.5. The highest BCUT2D eigenvalue weighted by Crippen LogP contribution is 2.26. The van der Waals surface area contributed by atoms with Crippen LogP contribution in [0.25, 0.3) is 0 Å². The zero-order chi connectivity index (χ0) is 29.1. The van der Waals surface area contributed by atoms with Crippen molar-refractivity contribution < 1.29 is 21.6 Å². The number of rotatable bonds is 8. The van der Waals surface area contributed by atoms with Crippen molar-refractivity contribution in [3.05, 3.63) is 106 Å². The van der Waals surface area contributed by atoms with E-state index in [0.717, 1.165) is 0 Å². The van der Waals surface area contributed by atoms with Crippen molar-refractivity contribution in [2.24, 2.45) is 0 Å². The molecule has 4 aromatic rings. The number of halogens is 2. The molecule has 0 unspecified atom stereocenters. The van der Waals surface area contributed by atoms with Crippen molar-refractivity contribution in [3.8, 4) is 0 Å². The van der Waals surface area contributed by atoms with Crippen LogP contribution in [0.2, 0.25) is 10.0 Å². The quantitative estimate of drug-likeness (QED) is 0.171. The molecule has 0 spiro atoms. The Labute approximate surface area is 242 Å². The van der Waals surface area contributed by atoms with Gasteiger partial charge >= 0.3 is 6.03 Å². The van der Waals surface area contributed by atoms with Gasteiger partial charge in [0.25, 0.3) is 20.0 Å². The zero-order valence-corrected chi connectivity index (χ0v) is 24.3. The van der Waals surface area contributed by atoms with Gasteiger partial charge in [-0.2, -0.15) is 0 Å². The van der Waals surface area contributed by atoms with Crippen LogP contribution in [0.5, 0.6) is 0 Å². The second-order valence-corrected chi connectivity index (χ2v) is 12.9. The van der Waals surface area contributed by atoms with Crippen LogP contribution in [0.15, 0.2) is 94.7 Å². The Morgan fingerprint density at radius 3 is 1.23 bits per heavy atom. The van der Waals surface area contributed by atoms with Crippen molar-refractivity contribution in [2.45, 2.75) is 23.6 Å². The van der Waals surface area contributed by atoms with E-state index in [1.54, 1.807) is 62.4 Å². The molecule has 0 atom stereocenters. The van der Waals surface area contributed by atoms with E-state index in [0.29, 0.717) is 32.5 Å². The Morgan fingerprint density at radius 2 is 0.875 bits per heavy atom. The summed E-state index contributed by atoms with van der Waals surface area (Å²) in [6.07, 6.45) is 0. The minimum Gasteiger partial charge on any atom is -0.308 e. The number of nitrogens with one attached hydrogen (secondary N) is 4. The number of sulfonamides is 2. The van der Waals surface area contributed by atoms with E-state index in [9.17, 15) is 21.6 Å². The third-order valence-corrected chi connectivity index (χ3v) is 9.21. The van der Waals surface area contributed by atoms with Gasteiger partial charge in [0.15, 0.2) is 0 Å². The summed E-state index contributed by atoms with van der Waals surface area (Å²) < 4.78 is 57.0. The fourth-order valence-electron chi connectivity index (χ4n) is 3.68. The minimum absolute atomic E-state index is 0.0303. The molecule has 4 N–H and O–H groups in total. The number of carbonyl (C=O) groups excluding carboxylic acids is 1. The topological polar surface area (TPSA) is 133 Å². The summed E-state index contributed by atoms with van der Waals surface area (Å²) in [7, 11) is -7.95. The molecule has 13 heteroatoms. The van der Waals surface area contributed by atoms with Crippen LogP contribution in [0.1, 0.15) is 11.1 Å². The number of amides is 2. The van der Waals surface area contributed by atoms with Gasteiger partial charge in [-0.05, 0) is 97.8 Å². The number of carbonyl (C=O) groups is 1. The maximum Gasteiger partial charge on any atom is 0.323 e. The van der Waals surface area contributed by atoms with Gasteiger partial charge < -0.3 is 10.6 Å². The molecule has 0 heterocycles. The molecule has 0 aliphatic rings. The van der Waals surface area contributed by atoms with E-state index in [4.69, 9.17) is 23.2 Å². The molecule has 0 aliphatic carbocycles. The minimum atomic E-state index is -3.97. The smallest absolute Gasteiger partial charge is 0.308 e. The average molecular weight is 620 g/mol. The van der Waals surface area contributed by atoms with Gasteiger partial charge in [-0.25, -0.2) is 21.6 Å². The summed E-state index contributed by atoms with van der Waals surface area (Å²) in [5.74, 6) is 0. The summed E-state index contributed by atoms with van der Waals surface area (Å²) in [6.45, 7) is 3.26. The van der Waals surface area contributed by atoms with Crippen molar-refractivity contribution in [3.63, 3.8) is 0 Å². The molecule has 4 aromatic carbocycles. The fraction of sp³-hybridized carbons (Fsp3) is 0.0741. The number of anilines is 4. The Morgan fingerprint density at radius 1 is 0.550 bits per heavy atom. The first-order valence-corrected chi connectivity index (χ1v) is 15.4. The van der Waals surface area contributed by atoms with Gasteiger partial charge in [0, 0.05) is 32.8 Å². The first-order chi connectivity index (χ1) is 18.8. The van der Waals surface area contributed by atoms with Gasteiger partial charge in [0.1, 0.15) is 0 Å². The Kier molecular flexibility index (Phi) is 8.59. The van der Waals surface area contributed by atoms with E-state index in [1.807, 2.05) is 0 Å². The molecule has 2 amide bonds. The van der Waals surface area contributed by atoms with Crippen molar-refractivity contribution in [2.75, 3.05) is 20.1 Å². The lowest BCUT2D eigenvalue weighted by Crippen LogP contribution is -2.21. The molecule has 0 saturated heterocycles. The summed E-state index contributed by atoms with van der Waals surface area (Å²) >= 11 is 11.7. The maximum atomic E-state index is 13.0. The van der Waals surface area contributed by atoms with Crippen LogP contribution in [0.3, 0.4) is 0 Å². The van der Waals surface area contributed by atoms with Gasteiger partial charge in [-0.3, -0.25) is 9.44 Å². The maximum absolute atomic E-state index is 13.0. The van der Waals surface area contributed by atoms with Gasteiger partial charge in [0.05, 0.1) is 9.79 Å². The molecule has 0 radical (unpaired) electrons. The Hall–Kier alpha value is -3.77. The van der Waals surface area contributed by atoms with E-state index in [-0.39, 0.29) is 21.2 Å². The summed E-state index contributed by atoms with van der Waals surface area (Å²) in [5, 5.41) is 6.09. The highest BCUT2D eigenvalue weighted by Gasteiger charge is 2.20. The number of benzene rings is 4. The highest BCUT2D eigenvalue weighted by molar-refractivity contribution is 7.93. The first-order valence-electron chi connectivity index (χ1n) is 11.7. The van der Waals surface area contributed by atoms with Gasteiger partial charge in [-0.1, -0.05) is 35.3 Å². The van der Waals surface area contributed by atoms with Gasteiger partial charge in [0.2, 0.25) is 0 Å². The molecular weight excluding hydrogens is 595 g/mol. The fourth-order valence-corrected chi connectivity index (χ4v) is 6.60. The van der Waals surface area contributed by atoms with Crippen molar-refractivity contribution in [1.29, 1.82) is 0 Å². The van der Waals surface area contributed by atoms with Crippen molar-refractivity contribution in [1.82, 2.24) is 0 Å². The number of aryl methyl sites for hydroxylation is 2. The molecule has 0 saturated carbocycles. The third kappa shape index (κ3) is 7.24. The van der Waals surface area contributed by atoms with Crippen LogP contribution in [-0.4, -0.2) is 22.9 Å². The summed E-state index contributed by atoms with van der Waals surface area (Å²) in [6, 6.07) is 20.6. The van der Waals surface area contributed by atoms with Crippen molar-refractivity contribution >= 4 is 72.0 Å². The molecule has 0 aromatic heterocycles. The summed E-state index contributed by atoms with van der Waals surface area (Å²) in [5.41, 5.74) is 2.02. The Bertz CT molecular complexity index is 1650. The first kappa shape index (κ1) is 29.2. The molecule has 0 fully saturated rings. The van der Waals surface area contributed by atoms with Gasteiger partial charge in [-0.15, -0.1) is 0 Å². The van der Waals surface area contributed by atoms with E-state index >= 15 is 0 Å². The third-order valence-electron chi connectivity index (χ3n) is 5.66. The molecule has 9 nitrogen and oxygen atoms in total. The zero-order valence-electron chi connectivity index (χ0n) is 21.2. The van der Waals surface area contributed by atoms with Crippen LogP contribution in [0.4, 0.5) is 27.5 Å². The standard InChI is InChI=1S/C27H24Cl2N4O5S2/c1-17-3-9-23(15-25(17)39(35,36)32-21-11-5-19(28)6-12-21)30-27(34)31-24-10-4-18(2)26(16-24)40(37,38)33-22-13-7-20(29)8-14-22/h3-16,32-33H,1-2H3,(H2,30,31,34). The lowest BCUT2D eigenvalue weighted by molar-refractivity contribution is 0.262. The predicted octanol–water partition coefficient (Wildman–Crippen LogP) is 6.86. The molecular formula is C27H24Cl2N4O5S2. The van der Waals surface area contributed by atoms with Crippen LogP contribution >= 0.6 is 23.2 Å². The lowest BCUT2D eigenvalue weighted by Gasteiger charge is -2.14. The molecule has 40 heavy (non-hydrogen) atoms. The predicted molar refractivity (Wildman–Crippen MR) is 160 cm³/mol. The van der Waals surface area contributed by atoms with Crippen LogP contribution in [-0.2, 0) is 20.0 Å². The average Bonchev–Trinajstić information content (AvgIpc) is 2.88. The highest BCUT2D eigenvalue weighted by atomic mass is 35.5. The molecule has 4 rings (SSSR count). The van der Waals surface area contributed by atoms with E-state index < -0.39 is 26.1 Å². The number of hydrogen-bond donors (Lipinski definition) is 4. The molecule has 208 valence electrons. The largest absolute Gasteiger partial charge is 0.323 e. The molecule has 0 bridgehead atoms. The Balaban J connectivity index is 1.50. The lowest BCUT2D eigenvalue weighted by atomic mass is 10.2.